The number of aromatic nitrogens is 2. The first-order valence-electron chi connectivity index (χ1n) is 9.57. The van der Waals surface area contributed by atoms with Crippen molar-refractivity contribution in [1.82, 2.24) is 15.3 Å². The minimum Gasteiger partial charge on any atom is -0.367 e. The van der Waals surface area contributed by atoms with E-state index in [9.17, 15) is 9.18 Å². The molecule has 0 spiro atoms. The maximum Gasteiger partial charge on any atom is 0.253 e. The van der Waals surface area contributed by atoms with Crippen LogP contribution in [0.5, 0.6) is 0 Å². The number of hydrogen-bond acceptors (Lipinski definition) is 5. The summed E-state index contributed by atoms with van der Waals surface area (Å²) in [7, 11) is 0. The van der Waals surface area contributed by atoms with Gasteiger partial charge in [0.25, 0.3) is 5.91 Å². The normalized spacial score (nSPS) is 14.0. The molecule has 0 atom stereocenters. The average Bonchev–Trinajstić information content (AvgIpc) is 2.79. The van der Waals surface area contributed by atoms with Gasteiger partial charge < -0.3 is 15.1 Å². The minimum atomic E-state index is -0.199. The molecule has 1 amide bonds. The predicted molar refractivity (Wildman–Crippen MR) is 110 cm³/mol. The summed E-state index contributed by atoms with van der Waals surface area (Å²) in [6.07, 6.45) is 6.73. The van der Waals surface area contributed by atoms with E-state index in [0.717, 1.165) is 24.3 Å². The average molecular weight is 391 g/mol. The van der Waals surface area contributed by atoms with Crippen molar-refractivity contribution in [3.8, 4) is 0 Å². The van der Waals surface area contributed by atoms with E-state index < -0.39 is 0 Å². The maximum atomic E-state index is 14.0. The van der Waals surface area contributed by atoms with Crippen LogP contribution in [-0.2, 0) is 6.54 Å². The number of anilines is 2. The highest BCUT2D eigenvalue weighted by molar-refractivity contribution is 5.94. The van der Waals surface area contributed by atoms with Crippen LogP contribution in [0.4, 0.5) is 15.8 Å². The van der Waals surface area contributed by atoms with E-state index in [2.05, 4.69) is 20.2 Å². The van der Waals surface area contributed by atoms with Crippen LogP contribution >= 0.6 is 0 Å². The summed E-state index contributed by atoms with van der Waals surface area (Å²) in [6, 6.07) is 12.4. The lowest BCUT2D eigenvalue weighted by Gasteiger charge is -2.37. The van der Waals surface area contributed by atoms with Gasteiger partial charge in [-0.25, -0.2) is 4.39 Å². The van der Waals surface area contributed by atoms with E-state index in [0.29, 0.717) is 30.9 Å². The highest BCUT2D eigenvalue weighted by atomic mass is 19.1. The predicted octanol–water partition coefficient (Wildman–Crippen LogP) is 2.87. The zero-order valence-corrected chi connectivity index (χ0v) is 16.0. The summed E-state index contributed by atoms with van der Waals surface area (Å²) in [5.41, 5.74) is 3.04. The Bertz CT molecular complexity index is 974. The molecule has 7 heteroatoms. The first-order chi connectivity index (χ1) is 14.2. The lowest BCUT2D eigenvalue weighted by atomic mass is 10.2. The summed E-state index contributed by atoms with van der Waals surface area (Å²) in [4.78, 5) is 24.9. The molecule has 4 rings (SSSR count). The van der Waals surface area contributed by atoms with Crippen molar-refractivity contribution in [3.63, 3.8) is 0 Å². The molecule has 1 saturated heterocycles. The van der Waals surface area contributed by atoms with E-state index in [1.54, 1.807) is 36.9 Å². The molecule has 0 unspecified atom stereocenters. The standard InChI is InChI=1S/C22H22FN5O/c23-20-3-1-2-4-21(20)28-11-9-27(10-12-28)19-13-18(15-25-16-19)22(29)26-14-17-5-7-24-8-6-17/h1-8,13,15-16H,9-12,14H2,(H,26,29). The van der Waals surface area contributed by atoms with E-state index in [4.69, 9.17) is 0 Å². The van der Waals surface area contributed by atoms with Crippen molar-refractivity contribution < 1.29 is 9.18 Å². The minimum absolute atomic E-state index is 0.166. The van der Waals surface area contributed by atoms with Gasteiger partial charge >= 0.3 is 0 Å². The van der Waals surface area contributed by atoms with Gasteiger partial charge in [0.15, 0.2) is 0 Å². The van der Waals surface area contributed by atoms with Gasteiger partial charge in [0.2, 0.25) is 0 Å². The van der Waals surface area contributed by atoms with Gasteiger partial charge in [-0.2, -0.15) is 0 Å². The second-order valence-electron chi connectivity index (χ2n) is 6.90. The van der Waals surface area contributed by atoms with Crippen LogP contribution in [0.3, 0.4) is 0 Å². The zero-order chi connectivity index (χ0) is 20.1. The Morgan fingerprint density at radius 3 is 2.45 bits per heavy atom. The van der Waals surface area contributed by atoms with Gasteiger partial charge in [-0.1, -0.05) is 12.1 Å². The lowest BCUT2D eigenvalue weighted by molar-refractivity contribution is 0.0950. The number of hydrogen-bond donors (Lipinski definition) is 1. The van der Waals surface area contributed by atoms with Gasteiger partial charge in [-0.3, -0.25) is 14.8 Å². The Morgan fingerprint density at radius 1 is 0.966 bits per heavy atom. The number of halogens is 1. The van der Waals surface area contributed by atoms with Crippen LogP contribution in [0.25, 0.3) is 0 Å². The topological polar surface area (TPSA) is 61.4 Å². The number of para-hydroxylation sites is 1. The third kappa shape index (κ3) is 4.51. The van der Waals surface area contributed by atoms with Crippen LogP contribution in [0, 0.1) is 5.82 Å². The number of rotatable bonds is 5. The largest absolute Gasteiger partial charge is 0.367 e. The molecule has 3 aromatic rings. The molecule has 1 aliphatic heterocycles. The van der Waals surface area contributed by atoms with E-state index >= 15 is 0 Å². The Labute approximate surface area is 169 Å². The third-order valence-corrected chi connectivity index (χ3v) is 5.03. The van der Waals surface area contributed by atoms with Crippen molar-refractivity contribution in [2.45, 2.75) is 6.54 Å². The Hall–Kier alpha value is -3.48. The fourth-order valence-corrected chi connectivity index (χ4v) is 3.42. The third-order valence-electron chi connectivity index (χ3n) is 5.03. The molecule has 0 bridgehead atoms. The number of carbonyl (C=O) groups is 1. The summed E-state index contributed by atoms with van der Waals surface area (Å²) < 4.78 is 14.0. The molecule has 2 aromatic heterocycles. The first-order valence-corrected chi connectivity index (χ1v) is 9.57. The number of piperazine rings is 1. The van der Waals surface area contributed by atoms with Crippen LogP contribution in [0.15, 0.2) is 67.3 Å². The number of carbonyl (C=O) groups excluding carboxylic acids is 1. The van der Waals surface area contributed by atoms with E-state index in [1.807, 2.05) is 29.2 Å². The molecule has 148 valence electrons. The first kappa shape index (κ1) is 18.9. The number of nitrogens with one attached hydrogen (secondary N) is 1. The molecule has 29 heavy (non-hydrogen) atoms. The molecule has 0 radical (unpaired) electrons. The molecule has 0 saturated carbocycles. The van der Waals surface area contributed by atoms with Crippen LogP contribution in [0.2, 0.25) is 0 Å². The monoisotopic (exact) mass is 391 g/mol. The number of benzene rings is 1. The second kappa shape index (κ2) is 8.68. The molecule has 6 nitrogen and oxygen atoms in total. The van der Waals surface area contributed by atoms with Gasteiger partial charge in [0.1, 0.15) is 5.82 Å². The fraction of sp³-hybridized carbons (Fsp3) is 0.227. The Balaban J connectivity index is 1.38. The maximum absolute atomic E-state index is 14.0. The number of nitrogens with zero attached hydrogens (tertiary/aromatic N) is 4. The summed E-state index contributed by atoms with van der Waals surface area (Å²) in [6.45, 7) is 3.32. The summed E-state index contributed by atoms with van der Waals surface area (Å²) in [5, 5.41) is 2.91. The van der Waals surface area contributed by atoms with Crippen molar-refractivity contribution in [3.05, 3.63) is 84.2 Å². The van der Waals surface area contributed by atoms with E-state index in [-0.39, 0.29) is 11.7 Å². The molecule has 1 fully saturated rings. The summed E-state index contributed by atoms with van der Waals surface area (Å²) in [5.74, 6) is -0.364. The Morgan fingerprint density at radius 2 is 1.69 bits per heavy atom. The van der Waals surface area contributed by atoms with Crippen molar-refractivity contribution in [2.24, 2.45) is 0 Å². The van der Waals surface area contributed by atoms with Crippen LogP contribution in [-0.4, -0.2) is 42.1 Å². The molecule has 3 heterocycles. The quantitative estimate of drug-likeness (QED) is 0.725. The number of pyridine rings is 2. The van der Waals surface area contributed by atoms with Crippen molar-refractivity contribution >= 4 is 17.3 Å². The van der Waals surface area contributed by atoms with Crippen LogP contribution in [0.1, 0.15) is 15.9 Å². The van der Waals surface area contributed by atoms with Crippen molar-refractivity contribution in [1.29, 1.82) is 0 Å². The molecular weight excluding hydrogens is 369 g/mol. The molecule has 1 aromatic carbocycles. The van der Waals surface area contributed by atoms with Gasteiger partial charge in [-0.15, -0.1) is 0 Å². The SMILES string of the molecule is O=C(NCc1ccncc1)c1cncc(N2CCN(c3ccccc3F)CC2)c1. The van der Waals surface area contributed by atoms with Crippen molar-refractivity contribution in [2.75, 3.05) is 36.0 Å². The molecule has 1 N–H and O–H groups in total. The summed E-state index contributed by atoms with van der Waals surface area (Å²) >= 11 is 0. The fourth-order valence-electron chi connectivity index (χ4n) is 3.42. The van der Waals surface area contributed by atoms with Gasteiger partial charge in [-0.05, 0) is 35.9 Å². The van der Waals surface area contributed by atoms with Gasteiger partial charge in [0, 0.05) is 51.3 Å². The molecular formula is C22H22FN5O. The zero-order valence-electron chi connectivity index (χ0n) is 16.0. The number of amides is 1. The Kier molecular flexibility index (Phi) is 5.65. The lowest BCUT2D eigenvalue weighted by Crippen LogP contribution is -2.47. The highest BCUT2D eigenvalue weighted by Gasteiger charge is 2.20. The molecule has 1 aliphatic rings. The van der Waals surface area contributed by atoms with Crippen LogP contribution < -0.4 is 15.1 Å². The van der Waals surface area contributed by atoms with E-state index in [1.165, 1.54) is 6.07 Å². The highest BCUT2D eigenvalue weighted by Crippen LogP contribution is 2.23. The molecule has 0 aliphatic carbocycles. The van der Waals surface area contributed by atoms with Gasteiger partial charge in [0.05, 0.1) is 23.1 Å². The second-order valence-corrected chi connectivity index (χ2v) is 6.90. The smallest absolute Gasteiger partial charge is 0.253 e.